The van der Waals surface area contributed by atoms with Gasteiger partial charge in [0.2, 0.25) is 0 Å². The smallest absolute Gasteiger partial charge is 0.151 e. The molecule has 0 fully saturated rings. The maximum atomic E-state index is 9.34. The Morgan fingerprint density at radius 2 is 1.77 bits per heavy atom. The van der Waals surface area contributed by atoms with Crippen molar-refractivity contribution in [1.82, 2.24) is 9.97 Å². The Hall–Kier alpha value is -2.20. The van der Waals surface area contributed by atoms with Gasteiger partial charge in [-0.3, -0.25) is 0 Å². The van der Waals surface area contributed by atoms with Crippen LogP contribution in [0.3, 0.4) is 0 Å². The molecule has 1 heterocycles. The van der Waals surface area contributed by atoms with Crippen molar-refractivity contribution in [3.63, 3.8) is 0 Å². The zero-order valence-corrected chi connectivity index (χ0v) is 15.9. The van der Waals surface area contributed by atoms with Crippen molar-refractivity contribution in [2.24, 2.45) is 0 Å². The predicted molar refractivity (Wildman–Crippen MR) is 107 cm³/mol. The highest BCUT2D eigenvalue weighted by Gasteiger charge is 2.01. The van der Waals surface area contributed by atoms with Gasteiger partial charge in [-0.2, -0.15) is 0 Å². The van der Waals surface area contributed by atoms with E-state index in [4.69, 9.17) is 4.74 Å². The molecule has 0 amide bonds. The van der Waals surface area contributed by atoms with Gasteiger partial charge in [-0.05, 0) is 56.4 Å². The van der Waals surface area contributed by atoms with Gasteiger partial charge in [0.25, 0.3) is 0 Å². The van der Waals surface area contributed by atoms with Crippen LogP contribution in [-0.4, -0.2) is 27.8 Å². The van der Waals surface area contributed by atoms with Crippen molar-refractivity contribution in [1.29, 1.82) is 0 Å². The average molecular weight is 354 g/mol. The van der Waals surface area contributed by atoms with Crippen LogP contribution in [0.5, 0.6) is 5.75 Å². The van der Waals surface area contributed by atoms with Crippen LogP contribution in [-0.2, 0) is 4.74 Å². The van der Waals surface area contributed by atoms with Crippen LogP contribution in [0, 0.1) is 0 Å². The number of benzene rings is 1. The molecular formula is C22H30N2O2. The van der Waals surface area contributed by atoms with Crippen LogP contribution in [0.25, 0.3) is 17.2 Å². The number of phenols is 1. The Kier molecular flexibility index (Phi) is 8.84. The van der Waals surface area contributed by atoms with E-state index in [0.717, 1.165) is 49.2 Å². The Morgan fingerprint density at radius 1 is 1.04 bits per heavy atom. The zero-order valence-electron chi connectivity index (χ0n) is 15.9. The van der Waals surface area contributed by atoms with Crippen LogP contribution in [0.15, 0.2) is 42.7 Å². The number of allylic oxidation sites excluding steroid dienone is 1. The van der Waals surface area contributed by atoms with Gasteiger partial charge in [-0.15, -0.1) is 0 Å². The molecule has 1 atom stereocenters. The summed E-state index contributed by atoms with van der Waals surface area (Å²) in [6.45, 7) is 5.24. The van der Waals surface area contributed by atoms with Crippen LogP contribution in [0.4, 0.5) is 0 Å². The molecule has 0 saturated heterocycles. The van der Waals surface area contributed by atoms with E-state index in [9.17, 15) is 5.11 Å². The van der Waals surface area contributed by atoms with Crippen molar-refractivity contribution in [3.05, 3.63) is 48.6 Å². The second-order valence-corrected chi connectivity index (χ2v) is 6.60. The number of hydrogen-bond donors (Lipinski definition) is 1. The Balaban J connectivity index is 1.69. The van der Waals surface area contributed by atoms with Gasteiger partial charge < -0.3 is 9.84 Å². The molecule has 0 aliphatic carbocycles. The van der Waals surface area contributed by atoms with E-state index in [1.54, 1.807) is 12.1 Å². The van der Waals surface area contributed by atoms with Gasteiger partial charge in [0.1, 0.15) is 5.75 Å². The molecule has 0 spiro atoms. The number of aromatic hydroxyl groups is 1. The molecule has 0 aliphatic heterocycles. The minimum absolute atomic E-state index is 0.259. The summed E-state index contributed by atoms with van der Waals surface area (Å²) < 4.78 is 5.81. The Bertz CT molecular complexity index is 651. The lowest BCUT2D eigenvalue weighted by Gasteiger charge is -2.11. The van der Waals surface area contributed by atoms with Crippen molar-refractivity contribution in [2.45, 2.75) is 58.5 Å². The third kappa shape index (κ3) is 7.36. The van der Waals surface area contributed by atoms with Gasteiger partial charge in [0.15, 0.2) is 5.82 Å². The van der Waals surface area contributed by atoms with Crippen LogP contribution < -0.4 is 0 Å². The molecule has 0 aliphatic rings. The van der Waals surface area contributed by atoms with Crippen LogP contribution >= 0.6 is 0 Å². The number of ether oxygens (including phenoxy) is 1. The summed E-state index contributed by atoms with van der Waals surface area (Å²) in [4.78, 5) is 8.77. The van der Waals surface area contributed by atoms with Crippen molar-refractivity contribution >= 4 is 6.08 Å². The molecule has 0 bridgehead atoms. The first-order valence-electron chi connectivity index (χ1n) is 9.58. The van der Waals surface area contributed by atoms with E-state index in [2.05, 4.69) is 29.9 Å². The largest absolute Gasteiger partial charge is 0.508 e. The van der Waals surface area contributed by atoms with Gasteiger partial charge in [-0.25, -0.2) is 9.97 Å². The molecule has 1 unspecified atom stereocenters. The summed E-state index contributed by atoms with van der Waals surface area (Å²) in [5, 5.41) is 9.34. The normalized spacial score (nSPS) is 12.5. The first-order valence-corrected chi connectivity index (χ1v) is 9.58. The van der Waals surface area contributed by atoms with E-state index in [-0.39, 0.29) is 5.75 Å². The minimum atomic E-state index is 0.259. The molecule has 0 radical (unpaired) electrons. The van der Waals surface area contributed by atoms with Gasteiger partial charge in [-0.1, -0.05) is 38.0 Å². The van der Waals surface area contributed by atoms with E-state index < -0.39 is 0 Å². The number of hydrogen-bond acceptors (Lipinski definition) is 4. The second kappa shape index (κ2) is 11.4. The third-order valence-electron chi connectivity index (χ3n) is 4.27. The highest BCUT2D eigenvalue weighted by atomic mass is 16.5. The summed E-state index contributed by atoms with van der Waals surface area (Å²) in [5.41, 5.74) is 1.93. The fraction of sp³-hybridized carbons (Fsp3) is 0.455. The quantitative estimate of drug-likeness (QED) is 0.531. The molecule has 0 saturated carbocycles. The lowest BCUT2D eigenvalue weighted by atomic mass is 10.1. The highest BCUT2D eigenvalue weighted by molar-refractivity contribution is 5.62. The van der Waals surface area contributed by atoms with Crippen LogP contribution in [0.1, 0.15) is 58.2 Å². The third-order valence-corrected chi connectivity index (χ3v) is 4.27. The zero-order chi connectivity index (χ0) is 18.6. The molecule has 26 heavy (non-hydrogen) atoms. The highest BCUT2D eigenvalue weighted by Crippen LogP contribution is 2.20. The number of rotatable bonds is 11. The monoisotopic (exact) mass is 354 g/mol. The van der Waals surface area contributed by atoms with Gasteiger partial charge >= 0.3 is 0 Å². The standard InChI is InChI=1S/C22H30N2O2/c1-3-4-8-15-26-18(2)9-6-5-7-10-22-23-16-20(17-24-22)19-11-13-21(25)14-12-19/h7,10-14,16-18,25H,3-6,8-9,15H2,1-2H3/b10-7+. The lowest BCUT2D eigenvalue weighted by molar-refractivity contribution is 0.0566. The number of phenolic OH excluding ortho intramolecular Hbond substituents is 1. The molecule has 1 aromatic carbocycles. The Morgan fingerprint density at radius 3 is 2.46 bits per heavy atom. The maximum absolute atomic E-state index is 9.34. The van der Waals surface area contributed by atoms with E-state index in [0.29, 0.717) is 6.10 Å². The van der Waals surface area contributed by atoms with E-state index in [1.165, 1.54) is 12.8 Å². The summed E-state index contributed by atoms with van der Waals surface area (Å²) in [5.74, 6) is 0.978. The van der Waals surface area contributed by atoms with E-state index in [1.807, 2.05) is 30.6 Å². The molecular weight excluding hydrogens is 324 g/mol. The molecule has 2 aromatic rings. The number of nitrogens with zero attached hydrogens (tertiary/aromatic N) is 2. The molecule has 1 N–H and O–H groups in total. The SMILES string of the molecule is CCCCCOC(C)CCC/C=C/c1ncc(-c2ccc(O)cc2)cn1. The van der Waals surface area contributed by atoms with Crippen molar-refractivity contribution in [2.75, 3.05) is 6.61 Å². The molecule has 1 aromatic heterocycles. The van der Waals surface area contributed by atoms with Crippen molar-refractivity contribution < 1.29 is 9.84 Å². The molecule has 2 rings (SSSR count). The second-order valence-electron chi connectivity index (χ2n) is 6.60. The predicted octanol–water partition coefficient (Wildman–Crippen LogP) is 5.63. The summed E-state index contributed by atoms with van der Waals surface area (Å²) in [6, 6.07) is 7.04. The Labute approximate surface area is 157 Å². The minimum Gasteiger partial charge on any atom is -0.508 e. The van der Waals surface area contributed by atoms with E-state index >= 15 is 0 Å². The van der Waals surface area contributed by atoms with Gasteiger partial charge in [0, 0.05) is 24.6 Å². The van der Waals surface area contributed by atoms with Gasteiger partial charge in [0.05, 0.1) is 6.10 Å². The topological polar surface area (TPSA) is 55.2 Å². The summed E-state index contributed by atoms with van der Waals surface area (Å²) >= 11 is 0. The molecule has 140 valence electrons. The summed E-state index contributed by atoms with van der Waals surface area (Å²) in [6.07, 6.45) is 14.9. The fourth-order valence-electron chi connectivity index (χ4n) is 2.66. The molecule has 4 heteroatoms. The molecule has 4 nitrogen and oxygen atoms in total. The van der Waals surface area contributed by atoms with Crippen LogP contribution in [0.2, 0.25) is 0 Å². The first-order chi connectivity index (χ1) is 12.7. The first kappa shape index (κ1) is 20.1. The van der Waals surface area contributed by atoms with Crippen molar-refractivity contribution in [3.8, 4) is 16.9 Å². The number of unbranched alkanes of at least 4 members (excludes halogenated alkanes) is 3. The maximum Gasteiger partial charge on any atom is 0.151 e. The average Bonchev–Trinajstić information content (AvgIpc) is 2.66. The lowest BCUT2D eigenvalue weighted by Crippen LogP contribution is -2.08. The number of aromatic nitrogens is 2. The summed E-state index contributed by atoms with van der Waals surface area (Å²) in [7, 11) is 0. The fourth-order valence-corrected chi connectivity index (χ4v) is 2.66.